The van der Waals surface area contributed by atoms with Gasteiger partial charge >= 0.3 is 0 Å². The third-order valence-corrected chi connectivity index (χ3v) is 5.46. The van der Waals surface area contributed by atoms with E-state index < -0.39 is 6.10 Å². The minimum absolute atomic E-state index is 0.477. The van der Waals surface area contributed by atoms with Gasteiger partial charge in [0.2, 0.25) is 0 Å². The largest absolute Gasteiger partial charge is 0.383 e. The van der Waals surface area contributed by atoms with Crippen molar-refractivity contribution in [3.63, 3.8) is 0 Å². The first kappa shape index (κ1) is 14.0. The van der Waals surface area contributed by atoms with Gasteiger partial charge in [0.25, 0.3) is 0 Å². The first-order valence-electron chi connectivity index (χ1n) is 6.06. The number of aliphatic hydroxyl groups is 1. The van der Waals surface area contributed by atoms with Crippen LogP contribution in [0.3, 0.4) is 0 Å². The highest BCUT2D eigenvalue weighted by molar-refractivity contribution is 7.26. The molecule has 20 heavy (non-hydrogen) atoms. The van der Waals surface area contributed by atoms with Crippen LogP contribution in [0.25, 0.3) is 9.40 Å². The van der Waals surface area contributed by atoms with Crippen molar-refractivity contribution in [2.24, 2.45) is 0 Å². The molecule has 1 unspecified atom stereocenters. The summed E-state index contributed by atoms with van der Waals surface area (Å²) in [5, 5.41) is 17.3. The van der Waals surface area contributed by atoms with Crippen molar-refractivity contribution in [2.75, 3.05) is 13.7 Å². The van der Waals surface area contributed by atoms with Crippen LogP contribution in [0, 0.1) is 0 Å². The molecule has 0 saturated carbocycles. The van der Waals surface area contributed by atoms with E-state index in [1.54, 1.807) is 40.7 Å². The molecule has 0 radical (unpaired) electrons. The van der Waals surface area contributed by atoms with Crippen LogP contribution in [0.15, 0.2) is 23.7 Å². The van der Waals surface area contributed by atoms with Crippen LogP contribution in [0.4, 0.5) is 0 Å². The molecule has 3 aromatic heterocycles. The Kier molecular flexibility index (Phi) is 4.09. The van der Waals surface area contributed by atoms with Crippen LogP contribution in [-0.4, -0.2) is 28.6 Å². The van der Waals surface area contributed by atoms with Gasteiger partial charge in [0.15, 0.2) is 0 Å². The van der Waals surface area contributed by atoms with Gasteiger partial charge in [-0.15, -0.1) is 22.7 Å². The lowest BCUT2D eigenvalue weighted by Crippen LogP contribution is -2.13. The Bertz CT molecular complexity index is 690. The Hall–Kier alpha value is -0.920. The fourth-order valence-electron chi connectivity index (χ4n) is 2.05. The zero-order valence-corrected chi connectivity index (χ0v) is 13.1. The third kappa shape index (κ3) is 2.49. The van der Waals surface area contributed by atoms with Crippen molar-refractivity contribution in [1.29, 1.82) is 0 Å². The van der Waals surface area contributed by atoms with E-state index in [9.17, 15) is 5.11 Å². The van der Waals surface area contributed by atoms with Gasteiger partial charge in [-0.3, -0.25) is 4.68 Å². The minimum atomic E-state index is -0.758. The van der Waals surface area contributed by atoms with Crippen LogP contribution >= 0.6 is 34.3 Å². The number of ether oxygens (including phenoxy) is 1. The standard InChI is InChI=1S/C13H13ClN2O2S2/c1-18-4-3-16-12(8(14)7-15-16)13(17)11-6-10-9(20-11)2-5-19-10/h2,5-7,13,17H,3-4H2,1H3. The Labute approximate surface area is 129 Å². The molecule has 0 amide bonds. The monoisotopic (exact) mass is 328 g/mol. The molecule has 4 nitrogen and oxygen atoms in total. The molecule has 0 saturated heterocycles. The highest BCUT2D eigenvalue weighted by Gasteiger charge is 2.22. The Morgan fingerprint density at radius 3 is 3.10 bits per heavy atom. The maximum absolute atomic E-state index is 10.6. The van der Waals surface area contributed by atoms with Gasteiger partial charge in [-0.1, -0.05) is 11.6 Å². The number of nitrogens with zero attached hydrogens (tertiary/aromatic N) is 2. The van der Waals surface area contributed by atoms with Gasteiger partial charge in [0.1, 0.15) is 6.10 Å². The smallest absolute Gasteiger partial charge is 0.131 e. The highest BCUT2D eigenvalue weighted by Crippen LogP contribution is 2.37. The number of fused-ring (bicyclic) bond motifs is 1. The first-order valence-corrected chi connectivity index (χ1v) is 8.13. The van der Waals surface area contributed by atoms with Crippen LogP contribution in [0.2, 0.25) is 5.02 Å². The summed E-state index contributed by atoms with van der Waals surface area (Å²) in [6.07, 6.45) is 0.803. The lowest BCUT2D eigenvalue weighted by atomic mass is 10.2. The van der Waals surface area contributed by atoms with Crippen LogP contribution in [-0.2, 0) is 11.3 Å². The molecule has 0 aromatic carbocycles. The molecule has 0 aliphatic rings. The molecule has 1 N–H and O–H groups in total. The summed E-state index contributed by atoms with van der Waals surface area (Å²) in [6.45, 7) is 1.09. The van der Waals surface area contributed by atoms with Crippen LogP contribution in [0.5, 0.6) is 0 Å². The van der Waals surface area contributed by atoms with Crippen molar-refractivity contribution in [1.82, 2.24) is 9.78 Å². The summed E-state index contributed by atoms with van der Waals surface area (Å²) < 4.78 is 9.12. The van der Waals surface area contributed by atoms with Crippen LogP contribution < -0.4 is 0 Å². The van der Waals surface area contributed by atoms with Gasteiger partial charge in [-0.2, -0.15) is 5.10 Å². The van der Waals surface area contributed by atoms with Crippen molar-refractivity contribution in [3.05, 3.63) is 39.3 Å². The van der Waals surface area contributed by atoms with Gasteiger partial charge < -0.3 is 9.84 Å². The summed E-state index contributed by atoms with van der Waals surface area (Å²) in [5.74, 6) is 0. The predicted molar refractivity (Wildman–Crippen MR) is 82.9 cm³/mol. The molecule has 0 bridgehead atoms. The normalized spacial score (nSPS) is 13.2. The Morgan fingerprint density at radius 2 is 2.35 bits per heavy atom. The lowest BCUT2D eigenvalue weighted by Gasteiger charge is -2.12. The van der Waals surface area contributed by atoms with E-state index in [1.165, 1.54) is 9.40 Å². The fourth-order valence-corrected chi connectivity index (χ4v) is 4.41. The number of methoxy groups -OCH3 is 1. The van der Waals surface area contributed by atoms with E-state index in [-0.39, 0.29) is 0 Å². The number of halogens is 1. The average Bonchev–Trinajstić information content (AvgIpc) is 3.09. The number of thiophene rings is 2. The first-order chi connectivity index (χ1) is 9.70. The summed E-state index contributed by atoms with van der Waals surface area (Å²) in [6, 6.07) is 4.07. The molecule has 0 aliphatic carbocycles. The minimum Gasteiger partial charge on any atom is -0.383 e. The van der Waals surface area contributed by atoms with E-state index in [2.05, 4.69) is 11.2 Å². The summed E-state index contributed by atoms with van der Waals surface area (Å²) >= 11 is 9.41. The second-order valence-electron chi connectivity index (χ2n) is 4.29. The summed E-state index contributed by atoms with van der Waals surface area (Å²) in [7, 11) is 1.63. The second kappa shape index (κ2) is 5.83. The van der Waals surface area contributed by atoms with Crippen molar-refractivity contribution in [3.8, 4) is 0 Å². The molecule has 3 rings (SSSR count). The Morgan fingerprint density at radius 1 is 1.50 bits per heavy atom. The van der Waals surface area contributed by atoms with Gasteiger partial charge in [-0.05, 0) is 17.5 Å². The third-order valence-electron chi connectivity index (χ3n) is 3.03. The van der Waals surface area contributed by atoms with Crippen molar-refractivity contribution >= 4 is 43.7 Å². The fraction of sp³-hybridized carbons (Fsp3) is 0.308. The van der Waals surface area contributed by atoms with E-state index in [1.807, 2.05) is 11.4 Å². The molecule has 0 spiro atoms. The number of aliphatic hydroxyl groups excluding tert-OH is 1. The van der Waals surface area contributed by atoms with E-state index in [0.29, 0.717) is 23.9 Å². The van der Waals surface area contributed by atoms with E-state index in [0.717, 1.165) is 4.88 Å². The molecule has 3 aromatic rings. The molecular formula is C13H13ClN2O2S2. The quantitative estimate of drug-likeness (QED) is 0.779. The molecule has 106 valence electrons. The molecule has 1 atom stereocenters. The second-order valence-corrected chi connectivity index (χ2v) is 6.76. The van der Waals surface area contributed by atoms with Crippen molar-refractivity contribution in [2.45, 2.75) is 12.6 Å². The zero-order valence-electron chi connectivity index (χ0n) is 10.7. The average molecular weight is 329 g/mol. The summed E-state index contributed by atoms with van der Waals surface area (Å²) in [5.41, 5.74) is 0.623. The van der Waals surface area contributed by atoms with Crippen molar-refractivity contribution < 1.29 is 9.84 Å². The number of aromatic nitrogens is 2. The molecular weight excluding hydrogens is 316 g/mol. The van der Waals surface area contributed by atoms with Gasteiger partial charge in [0.05, 0.1) is 30.1 Å². The van der Waals surface area contributed by atoms with Gasteiger partial charge in [-0.25, -0.2) is 0 Å². The SMILES string of the molecule is COCCn1ncc(Cl)c1C(O)c1cc2sccc2s1. The topological polar surface area (TPSA) is 47.3 Å². The van der Waals surface area contributed by atoms with Crippen LogP contribution in [0.1, 0.15) is 16.7 Å². The molecule has 0 fully saturated rings. The number of rotatable bonds is 5. The highest BCUT2D eigenvalue weighted by atomic mass is 35.5. The molecule has 7 heteroatoms. The number of hydrogen-bond donors (Lipinski definition) is 1. The predicted octanol–water partition coefficient (Wildman–Crippen LogP) is 3.54. The zero-order chi connectivity index (χ0) is 14.1. The molecule has 0 aliphatic heterocycles. The lowest BCUT2D eigenvalue weighted by molar-refractivity contribution is 0.172. The maximum Gasteiger partial charge on any atom is 0.131 e. The van der Waals surface area contributed by atoms with Gasteiger partial charge in [0, 0.05) is 21.4 Å². The maximum atomic E-state index is 10.6. The van der Waals surface area contributed by atoms with E-state index in [4.69, 9.17) is 16.3 Å². The van der Waals surface area contributed by atoms with E-state index >= 15 is 0 Å². The Balaban J connectivity index is 1.95. The summed E-state index contributed by atoms with van der Waals surface area (Å²) in [4.78, 5) is 0.882. The number of hydrogen-bond acceptors (Lipinski definition) is 5. The molecule has 3 heterocycles.